The first-order valence-corrected chi connectivity index (χ1v) is 4.66. The van der Waals surface area contributed by atoms with Gasteiger partial charge in [0.25, 0.3) is 0 Å². The average molecular weight is 182 g/mol. The molecule has 13 heavy (non-hydrogen) atoms. The lowest BCUT2D eigenvalue weighted by Gasteiger charge is -2.37. The van der Waals surface area contributed by atoms with E-state index in [0.29, 0.717) is 6.42 Å². The molecule has 2 heteroatoms. The maximum atomic E-state index is 11.2. The van der Waals surface area contributed by atoms with E-state index in [4.69, 9.17) is 4.74 Å². The molecule has 0 aromatic rings. The van der Waals surface area contributed by atoms with Crippen molar-refractivity contribution in [1.29, 1.82) is 0 Å². The Balaban J connectivity index is 2.76. The summed E-state index contributed by atoms with van der Waals surface area (Å²) in [6, 6.07) is 0. The van der Waals surface area contributed by atoms with Crippen LogP contribution in [-0.2, 0) is 9.53 Å². The van der Waals surface area contributed by atoms with Crippen LogP contribution in [0.3, 0.4) is 0 Å². The van der Waals surface area contributed by atoms with Gasteiger partial charge in [-0.15, -0.1) is 0 Å². The molecule has 74 valence electrons. The van der Waals surface area contributed by atoms with E-state index in [1.807, 2.05) is 0 Å². The largest absolute Gasteiger partial charge is 0.469 e. The zero-order valence-corrected chi connectivity index (χ0v) is 8.89. The van der Waals surface area contributed by atoms with Crippen molar-refractivity contribution >= 4 is 5.97 Å². The molecule has 0 bridgehead atoms. The van der Waals surface area contributed by atoms with Crippen molar-refractivity contribution in [2.45, 2.75) is 33.6 Å². The Labute approximate surface area is 80.0 Å². The molecular formula is C11H18O2. The average Bonchev–Trinajstić information content (AvgIpc) is 2.26. The van der Waals surface area contributed by atoms with Gasteiger partial charge in [-0.05, 0) is 11.8 Å². The van der Waals surface area contributed by atoms with Gasteiger partial charge in [-0.25, -0.2) is 0 Å². The van der Waals surface area contributed by atoms with E-state index < -0.39 is 0 Å². The highest BCUT2D eigenvalue weighted by molar-refractivity contribution is 5.70. The monoisotopic (exact) mass is 182 g/mol. The van der Waals surface area contributed by atoms with Crippen molar-refractivity contribution in [3.05, 3.63) is 12.2 Å². The quantitative estimate of drug-likeness (QED) is 0.484. The van der Waals surface area contributed by atoms with Crippen LogP contribution in [0.1, 0.15) is 33.6 Å². The van der Waals surface area contributed by atoms with E-state index in [1.54, 1.807) is 0 Å². The Morgan fingerprint density at radius 3 is 2.46 bits per heavy atom. The van der Waals surface area contributed by atoms with Gasteiger partial charge in [0.2, 0.25) is 0 Å². The number of hydrogen-bond donors (Lipinski definition) is 0. The van der Waals surface area contributed by atoms with Gasteiger partial charge in [0.05, 0.1) is 13.5 Å². The predicted octanol–water partition coefficient (Wildman–Crippen LogP) is 2.54. The number of carbonyl (C=O) groups excluding carboxylic acids is 1. The Hall–Kier alpha value is -0.790. The molecule has 0 N–H and O–H groups in total. The Kier molecular flexibility index (Phi) is 2.51. The molecule has 0 aromatic carbocycles. The van der Waals surface area contributed by atoms with E-state index in [9.17, 15) is 4.79 Å². The summed E-state index contributed by atoms with van der Waals surface area (Å²) >= 11 is 0. The molecule has 0 amide bonds. The summed E-state index contributed by atoms with van der Waals surface area (Å²) < 4.78 is 4.70. The number of methoxy groups -OCH3 is 1. The molecule has 2 nitrogen and oxygen atoms in total. The van der Waals surface area contributed by atoms with E-state index in [-0.39, 0.29) is 16.8 Å². The topological polar surface area (TPSA) is 26.3 Å². The molecule has 0 heterocycles. The van der Waals surface area contributed by atoms with Crippen molar-refractivity contribution in [1.82, 2.24) is 0 Å². The normalized spacial score (nSPS) is 30.5. The number of rotatable bonds is 2. The number of esters is 1. The van der Waals surface area contributed by atoms with Gasteiger partial charge in [0, 0.05) is 5.41 Å². The van der Waals surface area contributed by atoms with Crippen LogP contribution < -0.4 is 0 Å². The molecule has 0 aromatic heterocycles. The predicted molar refractivity (Wildman–Crippen MR) is 52.3 cm³/mol. The maximum Gasteiger partial charge on any atom is 0.306 e. The molecule has 0 spiro atoms. The van der Waals surface area contributed by atoms with Crippen molar-refractivity contribution in [2.24, 2.45) is 10.8 Å². The summed E-state index contributed by atoms with van der Waals surface area (Å²) in [5.41, 5.74) is 0.126. The van der Waals surface area contributed by atoms with Crippen molar-refractivity contribution in [3.63, 3.8) is 0 Å². The SMILES string of the molecule is COC(=O)C[C@@]1(C)C=CCC1(C)C. The molecule has 0 fully saturated rings. The Morgan fingerprint density at radius 2 is 2.08 bits per heavy atom. The van der Waals surface area contributed by atoms with Crippen LogP contribution in [0, 0.1) is 10.8 Å². The highest BCUT2D eigenvalue weighted by Crippen LogP contribution is 2.50. The lowest BCUT2D eigenvalue weighted by Crippen LogP contribution is -2.32. The molecule has 1 rings (SSSR count). The molecule has 0 aliphatic heterocycles. The van der Waals surface area contributed by atoms with Crippen LogP contribution in [0.4, 0.5) is 0 Å². The van der Waals surface area contributed by atoms with Crippen LogP contribution >= 0.6 is 0 Å². The molecule has 1 atom stereocenters. The molecule has 0 unspecified atom stereocenters. The molecular weight excluding hydrogens is 164 g/mol. The third-order valence-electron chi connectivity index (χ3n) is 3.40. The second-order valence-electron chi connectivity index (χ2n) is 4.66. The number of hydrogen-bond acceptors (Lipinski definition) is 2. The number of carbonyl (C=O) groups is 1. The van der Waals surface area contributed by atoms with Gasteiger partial charge in [-0.3, -0.25) is 4.79 Å². The van der Waals surface area contributed by atoms with E-state index in [1.165, 1.54) is 7.11 Å². The molecule has 1 aliphatic carbocycles. The minimum atomic E-state index is -0.123. The molecule has 0 saturated carbocycles. The highest BCUT2D eigenvalue weighted by Gasteiger charge is 2.43. The van der Waals surface area contributed by atoms with Crippen LogP contribution in [0.5, 0.6) is 0 Å². The summed E-state index contributed by atoms with van der Waals surface area (Å²) in [5.74, 6) is -0.123. The van der Waals surface area contributed by atoms with E-state index in [0.717, 1.165) is 6.42 Å². The van der Waals surface area contributed by atoms with Gasteiger partial charge < -0.3 is 4.74 Å². The van der Waals surface area contributed by atoms with E-state index in [2.05, 4.69) is 32.9 Å². The zero-order valence-electron chi connectivity index (χ0n) is 8.89. The molecule has 0 saturated heterocycles. The third kappa shape index (κ3) is 1.77. The summed E-state index contributed by atoms with van der Waals surface area (Å²) in [6.45, 7) is 6.50. The number of ether oxygens (including phenoxy) is 1. The first kappa shape index (κ1) is 10.3. The minimum Gasteiger partial charge on any atom is -0.469 e. The summed E-state index contributed by atoms with van der Waals surface area (Å²) in [4.78, 5) is 11.2. The third-order valence-corrected chi connectivity index (χ3v) is 3.40. The van der Waals surface area contributed by atoms with E-state index >= 15 is 0 Å². The standard InChI is InChI=1S/C11H18O2/c1-10(2)6-5-7-11(10,3)8-9(12)13-4/h5,7H,6,8H2,1-4H3/t11-/m1/s1. The van der Waals surface area contributed by atoms with Crippen LogP contribution in [0.15, 0.2) is 12.2 Å². The second-order valence-corrected chi connectivity index (χ2v) is 4.66. The first-order valence-electron chi connectivity index (χ1n) is 4.66. The van der Waals surface area contributed by atoms with Gasteiger partial charge in [-0.1, -0.05) is 32.9 Å². The maximum absolute atomic E-state index is 11.2. The summed E-state index contributed by atoms with van der Waals surface area (Å²) in [7, 11) is 1.44. The Morgan fingerprint density at radius 1 is 1.46 bits per heavy atom. The molecule has 0 radical (unpaired) electrons. The summed E-state index contributed by atoms with van der Waals surface area (Å²) in [5, 5.41) is 0. The first-order chi connectivity index (χ1) is 5.91. The zero-order chi connectivity index (χ0) is 10.1. The van der Waals surface area contributed by atoms with Crippen molar-refractivity contribution < 1.29 is 9.53 Å². The van der Waals surface area contributed by atoms with Gasteiger partial charge in [-0.2, -0.15) is 0 Å². The fourth-order valence-electron chi connectivity index (χ4n) is 1.74. The Bertz CT molecular complexity index is 240. The fourth-order valence-corrected chi connectivity index (χ4v) is 1.74. The van der Waals surface area contributed by atoms with Crippen molar-refractivity contribution in [3.8, 4) is 0 Å². The smallest absolute Gasteiger partial charge is 0.306 e. The fraction of sp³-hybridized carbons (Fsp3) is 0.727. The molecule has 1 aliphatic rings. The second kappa shape index (κ2) is 3.17. The van der Waals surface area contributed by atoms with Crippen LogP contribution in [0.2, 0.25) is 0 Å². The highest BCUT2D eigenvalue weighted by atomic mass is 16.5. The lowest BCUT2D eigenvalue weighted by molar-refractivity contribution is -0.143. The van der Waals surface area contributed by atoms with Gasteiger partial charge in [0.1, 0.15) is 0 Å². The minimum absolute atomic E-state index is 0.0416. The lowest BCUT2D eigenvalue weighted by atomic mass is 9.67. The van der Waals surface area contributed by atoms with Crippen molar-refractivity contribution in [2.75, 3.05) is 7.11 Å². The van der Waals surface area contributed by atoms with Crippen LogP contribution in [0.25, 0.3) is 0 Å². The van der Waals surface area contributed by atoms with Gasteiger partial charge >= 0.3 is 5.97 Å². The number of allylic oxidation sites excluding steroid dienone is 2. The summed E-state index contributed by atoms with van der Waals surface area (Å²) in [6.07, 6.45) is 5.82. The van der Waals surface area contributed by atoms with Crippen LogP contribution in [-0.4, -0.2) is 13.1 Å². The van der Waals surface area contributed by atoms with Gasteiger partial charge in [0.15, 0.2) is 0 Å².